The van der Waals surface area contributed by atoms with Gasteiger partial charge in [0.1, 0.15) is 0 Å². The van der Waals surface area contributed by atoms with Gasteiger partial charge in [-0.2, -0.15) is 0 Å². The molecule has 0 aromatic rings. The number of likely N-dealkylation sites (tertiary alicyclic amines) is 2. The Balaban J connectivity index is 1.43. The molecule has 6 heteroatoms. The van der Waals surface area contributed by atoms with Crippen LogP contribution in [0.5, 0.6) is 0 Å². The van der Waals surface area contributed by atoms with Crippen LogP contribution < -0.4 is 10.6 Å². The van der Waals surface area contributed by atoms with Crippen molar-refractivity contribution in [1.29, 1.82) is 0 Å². The maximum absolute atomic E-state index is 11.8. The van der Waals surface area contributed by atoms with Crippen LogP contribution in [0.25, 0.3) is 0 Å². The zero-order chi connectivity index (χ0) is 15.4. The van der Waals surface area contributed by atoms with Gasteiger partial charge in [0, 0.05) is 32.2 Å². The molecule has 0 aromatic heterocycles. The van der Waals surface area contributed by atoms with Crippen LogP contribution in [0.2, 0.25) is 0 Å². The summed E-state index contributed by atoms with van der Waals surface area (Å²) in [4.78, 5) is 21.1. The molecule has 124 valence electrons. The van der Waals surface area contributed by atoms with E-state index < -0.39 is 0 Å². The minimum absolute atomic E-state index is 0.0791. The first kappa shape index (κ1) is 15.6. The molecule has 3 aliphatic rings. The van der Waals surface area contributed by atoms with Crippen LogP contribution in [0.3, 0.4) is 0 Å². The van der Waals surface area contributed by atoms with Crippen molar-refractivity contribution in [3.05, 3.63) is 0 Å². The van der Waals surface area contributed by atoms with Gasteiger partial charge in [0.2, 0.25) is 5.91 Å². The van der Waals surface area contributed by atoms with Crippen LogP contribution in [0.15, 0.2) is 4.99 Å². The molecule has 22 heavy (non-hydrogen) atoms. The third-order valence-corrected chi connectivity index (χ3v) is 4.93. The Morgan fingerprint density at radius 2 is 1.91 bits per heavy atom. The van der Waals surface area contributed by atoms with Crippen molar-refractivity contribution >= 4 is 11.9 Å². The van der Waals surface area contributed by atoms with E-state index in [1.165, 1.54) is 38.8 Å². The number of hydrogen-bond donors (Lipinski definition) is 2. The molecule has 1 aliphatic carbocycles. The normalized spacial score (nSPS) is 27.0. The number of aliphatic imine (C=N–C) groups is 1. The van der Waals surface area contributed by atoms with Crippen molar-refractivity contribution in [1.82, 2.24) is 20.4 Å². The van der Waals surface area contributed by atoms with E-state index in [2.05, 4.69) is 25.4 Å². The van der Waals surface area contributed by atoms with Crippen LogP contribution in [0.4, 0.5) is 0 Å². The second kappa shape index (κ2) is 7.31. The molecule has 0 aromatic carbocycles. The summed E-state index contributed by atoms with van der Waals surface area (Å²) in [5.41, 5.74) is 0. The molecule has 3 rings (SSSR count). The third-order valence-electron chi connectivity index (χ3n) is 4.93. The molecule has 6 nitrogen and oxygen atoms in total. The third kappa shape index (κ3) is 4.12. The summed E-state index contributed by atoms with van der Waals surface area (Å²) in [5, 5.41) is 6.21. The van der Waals surface area contributed by atoms with Crippen molar-refractivity contribution in [3.8, 4) is 0 Å². The average molecular weight is 307 g/mol. The summed E-state index contributed by atoms with van der Waals surface area (Å²) >= 11 is 0. The minimum atomic E-state index is 0.0791. The number of hydrogen-bond acceptors (Lipinski definition) is 3. The van der Waals surface area contributed by atoms with E-state index >= 15 is 0 Å². The van der Waals surface area contributed by atoms with Crippen molar-refractivity contribution < 1.29 is 4.79 Å². The summed E-state index contributed by atoms with van der Waals surface area (Å²) in [6.07, 6.45) is 7.52. The quantitative estimate of drug-likeness (QED) is 0.583. The standard InChI is InChI=1S/C16H29N5O/c1-17-16(18-11-15(22)19-13-5-6-13)21-10-7-14(12-21)20-8-3-2-4-9-20/h13-14H,2-12H2,1H3,(H,17,18)(H,19,22). The molecule has 3 fully saturated rings. The van der Waals surface area contributed by atoms with Gasteiger partial charge in [-0.3, -0.25) is 14.7 Å². The lowest BCUT2D eigenvalue weighted by molar-refractivity contribution is -0.120. The Morgan fingerprint density at radius 1 is 1.14 bits per heavy atom. The number of nitrogens with one attached hydrogen (secondary N) is 2. The summed E-state index contributed by atoms with van der Waals surface area (Å²) in [6, 6.07) is 1.07. The SMILES string of the molecule is CN=C(NCC(=O)NC1CC1)N1CCC(N2CCCCC2)C1. The Bertz CT molecular complexity index is 415. The fourth-order valence-corrected chi connectivity index (χ4v) is 3.51. The number of amides is 1. The van der Waals surface area contributed by atoms with Gasteiger partial charge in [-0.1, -0.05) is 6.42 Å². The van der Waals surface area contributed by atoms with E-state index in [4.69, 9.17) is 0 Å². The molecule has 1 amide bonds. The molecule has 0 bridgehead atoms. The van der Waals surface area contributed by atoms with E-state index in [-0.39, 0.29) is 5.91 Å². The van der Waals surface area contributed by atoms with Gasteiger partial charge in [-0.15, -0.1) is 0 Å². The predicted octanol–water partition coefficient (Wildman–Crippen LogP) is 0.401. The highest BCUT2D eigenvalue weighted by Gasteiger charge is 2.30. The molecular formula is C16H29N5O. The van der Waals surface area contributed by atoms with Gasteiger partial charge in [0.25, 0.3) is 0 Å². The molecule has 2 aliphatic heterocycles. The molecule has 0 radical (unpaired) electrons. The summed E-state index contributed by atoms with van der Waals surface area (Å²) in [5.74, 6) is 0.945. The first-order valence-electron chi connectivity index (χ1n) is 8.75. The fraction of sp³-hybridized carbons (Fsp3) is 0.875. The van der Waals surface area contributed by atoms with Crippen molar-refractivity contribution in [3.63, 3.8) is 0 Å². The minimum Gasteiger partial charge on any atom is -0.352 e. The monoisotopic (exact) mass is 307 g/mol. The van der Waals surface area contributed by atoms with Gasteiger partial charge in [0.15, 0.2) is 5.96 Å². The summed E-state index contributed by atoms with van der Waals surface area (Å²) in [7, 11) is 1.80. The van der Waals surface area contributed by atoms with Gasteiger partial charge >= 0.3 is 0 Å². The second-order valence-corrected chi connectivity index (χ2v) is 6.73. The van der Waals surface area contributed by atoms with Crippen LogP contribution in [-0.4, -0.2) is 73.5 Å². The van der Waals surface area contributed by atoms with Crippen molar-refractivity contribution in [2.24, 2.45) is 4.99 Å². The lowest BCUT2D eigenvalue weighted by Gasteiger charge is -2.32. The van der Waals surface area contributed by atoms with Crippen molar-refractivity contribution in [2.45, 2.75) is 50.6 Å². The first-order chi connectivity index (χ1) is 10.8. The van der Waals surface area contributed by atoms with E-state index in [0.29, 0.717) is 18.6 Å². The number of nitrogens with zero attached hydrogens (tertiary/aromatic N) is 3. The van der Waals surface area contributed by atoms with E-state index in [0.717, 1.165) is 31.9 Å². The van der Waals surface area contributed by atoms with Gasteiger partial charge < -0.3 is 15.5 Å². The highest BCUT2D eigenvalue weighted by Crippen LogP contribution is 2.20. The molecule has 2 saturated heterocycles. The summed E-state index contributed by atoms with van der Waals surface area (Å²) < 4.78 is 0. The first-order valence-corrected chi connectivity index (χ1v) is 8.75. The number of rotatable bonds is 4. The largest absolute Gasteiger partial charge is 0.352 e. The van der Waals surface area contributed by atoms with Crippen LogP contribution >= 0.6 is 0 Å². The predicted molar refractivity (Wildman–Crippen MR) is 87.9 cm³/mol. The molecule has 0 spiro atoms. The Morgan fingerprint density at radius 3 is 2.59 bits per heavy atom. The highest BCUT2D eigenvalue weighted by atomic mass is 16.2. The van der Waals surface area contributed by atoms with E-state index in [1.54, 1.807) is 7.05 Å². The maximum Gasteiger partial charge on any atom is 0.239 e. The summed E-state index contributed by atoms with van der Waals surface area (Å²) in [6.45, 7) is 4.88. The lowest BCUT2D eigenvalue weighted by Crippen LogP contribution is -2.47. The topological polar surface area (TPSA) is 60.0 Å². The number of piperidine rings is 1. The van der Waals surface area contributed by atoms with Crippen LogP contribution in [-0.2, 0) is 4.79 Å². The molecule has 1 saturated carbocycles. The number of carbonyl (C=O) groups excluding carboxylic acids is 1. The molecule has 1 unspecified atom stereocenters. The van der Waals surface area contributed by atoms with Crippen molar-refractivity contribution in [2.75, 3.05) is 39.8 Å². The Kier molecular flexibility index (Phi) is 5.18. The molecule has 2 heterocycles. The maximum atomic E-state index is 11.8. The highest BCUT2D eigenvalue weighted by molar-refractivity contribution is 5.86. The Labute approximate surface area is 133 Å². The van der Waals surface area contributed by atoms with Gasteiger partial charge in [-0.05, 0) is 45.2 Å². The Hall–Kier alpha value is -1.30. The molecule has 1 atom stereocenters. The smallest absolute Gasteiger partial charge is 0.239 e. The zero-order valence-electron chi connectivity index (χ0n) is 13.7. The molecule has 2 N–H and O–H groups in total. The van der Waals surface area contributed by atoms with E-state index in [9.17, 15) is 4.79 Å². The van der Waals surface area contributed by atoms with Crippen LogP contribution in [0, 0.1) is 0 Å². The average Bonchev–Trinajstić information content (AvgIpc) is 3.22. The fourth-order valence-electron chi connectivity index (χ4n) is 3.51. The molecular weight excluding hydrogens is 278 g/mol. The van der Waals surface area contributed by atoms with Gasteiger partial charge in [-0.25, -0.2) is 0 Å². The lowest BCUT2D eigenvalue weighted by atomic mass is 10.1. The zero-order valence-corrected chi connectivity index (χ0v) is 13.7. The van der Waals surface area contributed by atoms with E-state index in [1.807, 2.05) is 0 Å². The van der Waals surface area contributed by atoms with Gasteiger partial charge in [0.05, 0.1) is 6.54 Å². The number of guanidine groups is 1. The second-order valence-electron chi connectivity index (χ2n) is 6.73. The van der Waals surface area contributed by atoms with Crippen LogP contribution in [0.1, 0.15) is 38.5 Å². The number of carbonyl (C=O) groups is 1.